The number of aromatic nitrogens is 1. The lowest BCUT2D eigenvalue weighted by molar-refractivity contribution is 0.00578. The third kappa shape index (κ3) is 5.72. The van der Waals surface area contributed by atoms with Crippen LogP contribution >= 0.6 is 11.6 Å². The van der Waals surface area contributed by atoms with Crippen molar-refractivity contribution in [3.05, 3.63) is 70.4 Å². The number of nitrogens with one attached hydrogen (secondary N) is 1. The minimum absolute atomic E-state index is 0.197. The molecule has 1 aromatic heterocycles. The summed E-state index contributed by atoms with van der Waals surface area (Å²) < 4.78 is 23.0. The number of hydrogen-bond donors (Lipinski definition) is 1. The van der Waals surface area contributed by atoms with Gasteiger partial charge < -0.3 is 18.6 Å². The van der Waals surface area contributed by atoms with E-state index in [1.54, 1.807) is 6.92 Å². The van der Waals surface area contributed by atoms with E-state index in [-0.39, 0.29) is 24.9 Å². The van der Waals surface area contributed by atoms with E-state index in [4.69, 9.17) is 30.2 Å². The Hall–Kier alpha value is -2.81. The number of halogens is 1. The first-order valence-corrected chi connectivity index (χ1v) is 12.0. The molecule has 2 aromatic carbocycles. The van der Waals surface area contributed by atoms with Crippen molar-refractivity contribution in [3.63, 3.8) is 0 Å². The summed E-state index contributed by atoms with van der Waals surface area (Å²) in [5, 5.41) is 7.43. The van der Waals surface area contributed by atoms with Crippen molar-refractivity contribution >= 4 is 30.5 Å². The van der Waals surface area contributed by atoms with Gasteiger partial charge >= 0.3 is 13.2 Å². The molecular formula is C26H30BClN2O5. The third-order valence-corrected chi connectivity index (χ3v) is 6.94. The second-order valence-electron chi connectivity index (χ2n) is 9.66. The SMILES string of the molecule is Cc1noc(-c2ccc(CB3OC(C)(C)C(C)(C)O3)cc2)c1NC(=O)OCCc1ccccc1Cl. The molecule has 0 unspecified atom stereocenters. The maximum absolute atomic E-state index is 12.4. The van der Waals surface area contributed by atoms with Crippen LogP contribution in [0.2, 0.25) is 5.02 Å². The highest BCUT2D eigenvalue weighted by Crippen LogP contribution is 2.38. The van der Waals surface area contributed by atoms with Gasteiger partial charge in [-0.25, -0.2) is 4.79 Å². The molecule has 4 rings (SSSR count). The van der Waals surface area contributed by atoms with Crippen LogP contribution < -0.4 is 5.32 Å². The molecular weight excluding hydrogens is 467 g/mol. The van der Waals surface area contributed by atoms with Crippen LogP contribution in [0.1, 0.15) is 44.5 Å². The van der Waals surface area contributed by atoms with Crippen molar-refractivity contribution in [1.29, 1.82) is 0 Å². The Labute approximate surface area is 211 Å². The topological polar surface area (TPSA) is 82.8 Å². The van der Waals surface area contributed by atoms with E-state index in [1.165, 1.54) is 0 Å². The van der Waals surface area contributed by atoms with Crippen molar-refractivity contribution in [2.75, 3.05) is 11.9 Å². The van der Waals surface area contributed by atoms with Gasteiger partial charge in [-0.15, -0.1) is 0 Å². The molecule has 3 aromatic rings. The average Bonchev–Trinajstić information content (AvgIpc) is 3.24. The van der Waals surface area contributed by atoms with Gasteiger partial charge in [0.2, 0.25) is 0 Å². The highest BCUT2D eigenvalue weighted by atomic mass is 35.5. The van der Waals surface area contributed by atoms with Crippen LogP contribution in [0.5, 0.6) is 0 Å². The quantitative estimate of drug-likeness (QED) is 0.388. The summed E-state index contributed by atoms with van der Waals surface area (Å²) in [4.78, 5) is 12.4. The van der Waals surface area contributed by atoms with Gasteiger partial charge in [0.15, 0.2) is 5.76 Å². The number of nitrogens with zero attached hydrogens (tertiary/aromatic N) is 1. The first-order valence-electron chi connectivity index (χ1n) is 11.6. The molecule has 184 valence electrons. The van der Waals surface area contributed by atoms with Gasteiger partial charge in [-0.2, -0.15) is 0 Å². The summed E-state index contributed by atoms with van der Waals surface area (Å²) in [6.45, 7) is 10.1. The largest absolute Gasteiger partial charge is 0.462 e. The van der Waals surface area contributed by atoms with Crippen LogP contribution in [-0.2, 0) is 26.8 Å². The van der Waals surface area contributed by atoms with Gasteiger partial charge in [0, 0.05) is 23.3 Å². The molecule has 9 heteroatoms. The van der Waals surface area contributed by atoms with Crippen LogP contribution in [0, 0.1) is 6.92 Å². The zero-order valence-electron chi connectivity index (χ0n) is 20.7. The molecule has 0 aliphatic carbocycles. The Balaban J connectivity index is 1.37. The molecule has 7 nitrogen and oxygen atoms in total. The summed E-state index contributed by atoms with van der Waals surface area (Å²) in [5.74, 6) is 0.465. The average molecular weight is 497 g/mol. The van der Waals surface area contributed by atoms with E-state index >= 15 is 0 Å². The van der Waals surface area contributed by atoms with E-state index in [1.807, 2.05) is 76.2 Å². The number of rotatable bonds is 7. The van der Waals surface area contributed by atoms with E-state index in [2.05, 4.69) is 10.5 Å². The molecule has 35 heavy (non-hydrogen) atoms. The number of ether oxygens (including phenoxy) is 1. The van der Waals surface area contributed by atoms with Gasteiger partial charge in [-0.05, 0) is 51.8 Å². The first-order chi connectivity index (χ1) is 16.6. The van der Waals surface area contributed by atoms with Crippen molar-refractivity contribution in [2.45, 2.75) is 58.6 Å². The van der Waals surface area contributed by atoms with E-state index < -0.39 is 6.09 Å². The molecule has 1 saturated heterocycles. The minimum Gasteiger partial charge on any atom is -0.449 e. The van der Waals surface area contributed by atoms with E-state index in [9.17, 15) is 4.79 Å². The Morgan fingerprint density at radius 3 is 2.37 bits per heavy atom. The fourth-order valence-corrected chi connectivity index (χ4v) is 4.07. The van der Waals surface area contributed by atoms with E-state index in [0.717, 1.165) is 16.7 Å². The molecule has 1 aliphatic rings. The van der Waals surface area contributed by atoms with Gasteiger partial charge in [0.1, 0.15) is 11.4 Å². The molecule has 1 amide bonds. The Kier molecular flexibility index (Phi) is 7.26. The minimum atomic E-state index is -0.581. The summed E-state index contributed by atoms with van der Waals surface area (Å²) >= 11 is 6.16. The highest BCUT2D eigenvalue weighted by Gasteiger charge is 2.50. The number of benzene rings is 2. The lowest BCUT2D eigenvalue weighted by atomic mass is 9.80. The number of carbonyl (C=O) groups excluding carboxylic acids is 1. The molecule has 2 heterocycles. The lowest BCUT2D eigenvalue weighted by Gasteiger charge is -2.32. The predicted octanol–water partition coefficient (Wildman–Crippen LogP) is 6.27. The molecule has 1 fully saturated rings. The Morgan fingerprint density at radius 1 is 1.06 bits per heavy atom. The van der Waals surface area contributed by atoms with Crippen LogP contribution in [0.3, 0.4) is 0 Å². The molecule has 0 spiro atoms. The van der Waals surface area contributed by atoms with Gasteiger partial charge in [0.05, 0.1) is 17.8 Å². The first kappa shape index (κ1) is 25.3. The predicted molar refractivity (Wildman–Crippen MR) is 137 cm³/mol. The van der Waals surface area contributed by atoms with Crippen LogP contribution in [0.25, 0.3) is 11.3 Å². The van der Waals surface area contributed by atoms with Gasteiger partial charge in [-0.3, -0.25) is 5.32 Å². The fourth-order valence-electron chi connectivity index (χ4n) is 3.84. The molecule has 0 saturated carbocycles. The van der Waals surface area contributed by atoms with Crippen LogP contribution in [0.15, 0.2) is 53.1 Å². The smallest absolute Gasteiger partial charge is 0.449 e. The second-order valence-corrected chi connectivity index (χ2v) is 10.1. The number of amides is 1. The standard InChI is InChI=1S/C26H30BClN2O5/c1-17-22(29-24(31)32-15-14-19-8-6-7-9-21(19)28)23(33-30-17)20-12-10-18(11-13-20)16-27-34-25(2,3)26(4,5)35-27/h6-13H,14-16H2,1-5H3,(H,29,31). The maximum atomic E-state index is 12.4. The summed E-state index contributed by atoms with van der Waals surface area (Å²) in [7, 11) is -0.309. The monoisotopic (exact) mass is 496 g/mol. The van der Waals surface area contributed by atoms with Crippen molar-refractivity contribution < 1.29 is 23.4 Å². The van der Waals surface area contributed by atoms with Crippen molar-refractivity contribution in [3.8, 4) is 11.3 Å². The molecule has 0 atom stereocenters. The fraction of sp³-hybridized carbons (Fsp3) is 0.385. The number of carbonyl (C=O) groups is 1. The van der Waals surface area contributed by atoms with E-state index in [0.29, 0.717) is 34.9 Å². The molecule has 0 radical (unpaired) electrons. The summed E-state index contributed by atoms with van der Waals surface area (Å²) in [6, 6.07) is 15.3. The second kappa shape index (κ2) is 10.1. The lowest BCUT2D eigenvalue weighted by Crippen LogP contribution is -2.41. The maximum Gasteiger partial charge on any atom is 0.462 e. The highest BCUT2D eigenvalue weighted by molar-refractivity contribution is 6.45. The summed E-state index contributed by atoms with van der Waals surface area (Å²) in [6.07, 6.45) is 0.570. The number of hydrogen-bond acceptors (Lipinski definition) is 6. The number of aryl methyl sites for hydroxylation is 1. The zero-order valence-corrected chi connectivity index (χ0v) is 21.4. The molecule has 1 aliphatic heterocycles. The Morgan fingerprint density at radius 2 is 1.71 bits per heavy atom. The Bertz CT molecular complexity index is 1180. The third-order valence-electron chi connectivity index (χ3n) is 6.57. The normalized spacial score (nSPS) is 16.3. The zero-order chi connectivity index (χ0) is 25.2. The summed E-state index contributed by atoms with van der Waals surface area (Å²) in [5.41, 5.74) is 3.08. The van der Waals surface area contributed by atoms with Crippen LogP contribution in [0.4, 0.5) is 10.5 Å². The van der Waals surface area contributed by atoms with Gasteiger partial charge in [-0.1, -0.05) is 59.2 Å². The van der Waals surface area contributed by atoms with Crippen LogP contribution in [-0.4, -0.2) is 36.2 Å². The van der Waals surface area contributed by atoms with Gasteiger partial charge in [0.25, 0.3) is 0 Å². The molecule has 1 N–H and O–H groups in total. The number of anilines is 1. The molecule has 0 bridgehead atoms. The van der Waals surface area contributed by atoms with Crippen molar-refractivity contribution in [1.82, 2.24) is 5.16 Å². The van der Waals surface area contributed by atoms with Crippen molar-refractivity contribution in [2.24, 2.45) is 0 Å².